The molecule has 4 heteroatoms. The minimum atomic E-state index is 0.616. The lowest BCUT2D eigenvalue weighted by Crippen LogP contribution is -2.22. The van der Waals surface area contributed by atoms with Gasteiger partial charge in [0.25, 0.3) is 0 Å². The van der Waals surface area contributed by atoms with E-state index in [1.54, 1.807) is 0 Å². The Kier molecular flexibility index (Phi) is 3.16. The number of rotatable bonds is 0. The van der Waals surface area contributed by atoms with Crippen molar-refractivity contribution >= 4 is 22.2 Å². The first kappa shape index (κ1) is 13.9. The number of aliphatic imine (C=N–C) groups is 2. The van der Waals surface area contributed by atoms with Gasteiger partial charge in [-0.3, -0.25) is 0 Å². The average Bonchev–Trinajstić information content (AvgIpc) is 2.64. The molecule has 0 bridgehead atoms. The van der Waals surface area contributed by atoms with Crippen LogP contribution < -0.4 is 0 Å². The van der Waals surface area contributed by atoms with E-state index in [1.165, 1.54) is 0 Å². The average molecular weight is 306 g/mol. The molecule has 0 unspecified atom stereocenters. The molecular weight excluding hydrogens is 296 g/mol. The Labute approximate surface area is 138 Å². The van der Waals surface area contributed by atoms with E-state index in [2.05, 4.69) is 9.98 Å². The molecule has 0 radical (unpaired) electrons. The van der Waals surface area contributed by atoms with Gasteiger partial charge in [-0.1, -0.05) is 60.7 Å². The van der Waals surface area contributed by atoms with Crippen LogP contribution in [0.15, 0.2) is 70.6 Å². The van der Waals surface area contributed by atoms with Crippen LogP contribution in [-0.2, 0) is 0 Å². The summed E-state index contributed by atoms with van der Waals surface area (Å²) in [4.78, 5) is 8.15. The van der Waals surface area contributed by atoms with Gasteiger partial charge in [0.15, 0.2) is 0 Å². The van der Waals surface area contributed by atoms with Crippen molar-refractivity contribution in [2.24, 2.45) is 9.98 Å². The Bertz CT molecular complexity index is 1120. The van der Waals surface area contributed by atoms with Crippen molar-refractivity contribution in [1.29, 1.82) is 10.5 Å². The van der Waals surface area contributed by atoms with E-state index >= 15 is 0 Å². The molecule has 0 N–H and O–H groups in total. The molecule has 0 amide bonds. The Morgan fingerprint density at radius 3 is 2.00 bits per heavy atom. The summed E-state index contributed by atoms with van der Waals surface area (Å²) >= 11 is 0. The Morgan fingerprint density at radius 2 is 1.25 bits per heavy atom. The molecule has 0 spiro atoms. The highest BCUT2D eigenvalue weighted by atomic mass is 14.8. The molecule has 0 saturated heterocycles. The van der Waals surface area contributed by atoms with E-state index in [1.807, 2.05) is 73.0 Å². The number of nitrogens with zero attached hydrogens (tertiary/aromatic N) is 4. The van der Waals surface area contributed by atoms with Crippen LogP contribution in [0.25, 0.3) is 10.8 Å². The Morgan fingerprint density at radius 1 is 0.625 bits per heavy atom. The Hall–Kier alpha value is -3.76. The molecule has 4 nitrogen and oxygen atoms in total. The zero-order valence-electron chi connectivity index (χ0n) is 12.6. The third kappa shape index (κ3) is 1.91. The van der Waals surface area contributed by atoms with Crippen molar-refractivity contribution in [3.63, 3.8) is 0 Å². The van der Waals surface area contributed by atoms with Crippen LogP contribution in [0.5, 0.6) is 0 Å². The first-order chi connectivity index (χ1) is 11.8. The number of hydrogen-bond donors (Lipinski definition) is 0. The minimum Gasteiger partial charge on any atom is -0.172 e. The lowest BCUT2D eigenvalue weighted by atomic mass is 9.80. The van der Waals surface area contributed by atoms with Crippen LogP contribution in [0.1, 0.15) is 22.3 Å². The quantitative estimate of drug-likeness (QED) is 0.464. The molecule has 110 valence electrons. The largest absolute Gasteiger partial charge is 0.206 e. The Balaban J connectivity index is 2.21. The minimum absolute atomic E-state index is 0.616. The molecule has 1 aliphatic rings. The van der Waals surface area contributed by atoms with E-state index in [0.717, 1.165) is 33.0 Å². The van der Waals surface area contributed by atoms with Gasteiger partial charge in [-0.25, -0.2) is 0 Å². The second-order valence-corrected chi connectivity index (χ2v) is 5.38. The second-order valence-electron chi connectivity index (χ2n) is 5.38. The summed E-state index contributed by atoms with van der Waals surface area (Å²) in [5.41, 5.74) is 4.54. The summed E-state index contributed by atoms with van der Waals surface area (Å²) in [5.74, 6) is 0. The van der Waals surface area contributed by atoms with Crippen molar-refractivity contribution in [2.75, 3.05) is 0 Å². The summed E-state index contributed by atoms with van der Waals surface area (Å²) in [7, 11) is 0. The summed E-state index contributed by atoms with van der Waals surface area (Å²) < 4.78 is 0. The van der Waals surface area contributed by atoms with Crippen LogP contribution >= 0.6 is 0 Å². The molecule has 1 aliphatic carbocycles. The maximum atomic E-state index is 9.19. The predicted molar refractivity (Wildman–Crippen MR) is 92.9 cm³/mol. The highest BCUT2D eigenvalue weighted by molar-refractivity contribution is 6.35. The lowest BCUT2D eigenvalue weighted by molar-refractivity contribution is 1.39. The van der Waals surface area contributed by atoms with E-state index in [0.29, 0.717) is 11.4 Å². The number of benzene rings is 3. The SMILES string of the molecule is N#CN=C1c2ccccc2C(=NC#N)c2c1ccc1ccccc21. The molecule has 3 aromatic carbocycles. The fraction of sp³-hybridized carbons (Fsp3) is 0. The molecule has 0 aliphatic heterocycles. The molecule has 0 saturated carbocycles. The molecule has 3 aromatic rings. The molecule has 0 fully saturated rings. The van der Waals surface area contributed by atoms with E-state index in [-0.39, 0.29) is 0 Å². The van der Waals surface area contributed by atoms with Crippen molar-refractivity contribution in [1.82, 2.24) is 0 Å². The van der Waals surface area contributed by atoms with Crippen molar-refractivity contribution in [3.05, 3.63) is 82.9 Å². The van der Waals surface area contributed by atoms with Gasteiger partial charge in [0, 0.05) is 22.3 Å². The second kappa shape index (κ2) is 5.46. The maximum absolute atomic E-state index is 9.19. The number of nitriles is 2. The van der Waals surface area contributed by atoms with Gasteiger partial charge < -0.3 is 0 Å². The van der Waals surface area contributed by atoms with Crippen LogP contribution in [-0.4, -0.2) is 11.4 Å². The van der Waals surface area contributed by atoms with Crippen LogP contribution in [0.3, 0.4) is 0 Å². The summed E-state index contributed by atoms with van der Waals surface area (Å²) in [6.07, 6.45) is 3.81. The zero-order valence-corrected chi connectivity index (χ0v) is 12.6. The predicted octanol–water partition coefficient (Wildman–Crippen LogP) is 3.79. The highest BCUT2D eigenvalue weighted by Crippen LogP contribution is 2.33. The van der Waals surface area contributed by atoms with Crippen molar-refractivity contribution in [3.8, 4) is 12.4 Å². The summed E-state index contributed by atoms with van der Waals surface area (Å²) in [6.45, 7) is 0. The fourth-order valence-corrected chi connectivity index (χ4v) is 3.24. The van der Waals surface area contributed by atoms with Crippen LogP contribution in [0, 0.1) is 22.9 Å². The molecular formula is C20H10N4. The van der Waals surface area contributed by atoms with Gasteiger partial charge in [0.05, 0.1) is 11.4 Å². The van der Waals surface area contributed by atoms with Crippen LogP contribution in [0.4, 0.5) is 0 Å². The first-order valence-corrected chi connectivity index (χ1v) is 7.41. The van der Waals surface area contributed by atoms with E-state index in [4.69, 9.17) is 5.26 Å². The van der Waals surface area contributed by atoms with Gasteiger partial charge in [-0.15, -0.1) is 0 Å². The third-order valence-corrected chi connectivity index (χ3v) is 4.18. The number of hydrogen-bond acceptors (Lipinski definition) is 4. The summed E-state index contributed by atoms with van der Waals surface area (Å²) in [5, 5.41) is 20.4. The lowest BCUT2D eigenvalue weighted by Gasteiger charge is -2.23. The smallest absolute Gasteiger partial charge is 0.172 e. The highest BCUT2D eigenvalue weighted by Gasteiger charge is 2.28. The molecule has 0 atom stereocenters. The third-order valence-electron chi connectivity index (χ3n) is 4.18. The monoisotopic (exact) mass is 306 g/mol. The molecule has 0 aromatic heterocycles. The maximum Gasteiger partial charge on any atom is 0.206 e. The standard InChI is InChI=1S/C20H10N4/c21-11-23-19-15-7-3-4-8-16(15)20(24-12-22)18-14-6-2-1-5-13(14)9-10-17(18)19/h1-10H. The van der Waals surface area contributed by atoms with Crippen molar-refractivity contribution in [2.45, 2.75) is 0 Å². The van der Waals surface area contributed by atoms with Gasteiger partial charge in [-0.05, 0) is 10.8 Å². The molecule has 4 rings (SSSR count). The zero-order chi connectivity index (χ0) is 16.5. The van der Waals surface area contributed by atoms with Crippen LogP contribution in [0.2, 0.25) is 0 Å². The molecule has 0 heterocycles. The van der Waals surface area contributed by atoms with Gasteiger partial charge in [-0.2, -0.15) is 20.5 Å². The van der Waals surface area contributed by atoms with Crippen molar-refractivity contribution < 1.29 is 0 Å². The number of fused-ring (bicyclic) bond motifs is 4. The normalized spacial score (nSPS) is 15.6. The topological polar surface area (TPSA) is 72.3 Å². The molecule has 24 heavy (non-hydrogen) atoms. The van der Waals surface area contributed by atoms with Gasteiger partial charge in [0.2, 0.25) is 12.4 Å². The van der Waals surface area contributed by atoms with Gasteiger partial charge >= 0.3 is 0 Å². The van der Waals surface area contributed by atoms with Gasteiger partial charge in [0.1, 0.15) is 0 Å². The van der Waals surface area contributed by atoms with E-state index in [9.17, 15) is 5.26 Å². The summed E-state index contributed by atoms with van der Waals surface area (Å²) in [6, 6.07) is 19.5. The fourth-order valence-electron chi connectivity index (χ4n) is 3.24. The first-order valence-electron chi connectivity index (χ1n) is 7.41. The van der Waals surface area contributed by atoms with E-state index < -0.39 is 0 Å².